The lowest BCUT2D eigenvalue weighted by molar-refractivity contribution is -0.384. The van der Waals surface area contributed by atoms with Crippen LogP contribution in [0.5, 0.6) is 0 Å². The number of non-ortho nitro benzene ring substituents is 1. The fourth-order valence-corrected chi connectivity index (χ4v) is 2.58. The Labute approximate surface area is 167 Å². The van der Waals surface area contributed by atoms with Crippen molar-refractivity contribution in [1.82, 2.24) is 4.90 Å². The third-order valence-electron chi connectivity index (χ3n) is 4.07. The number of nitro benzene ring substituents is 1. The highest BCUT2D eigenvalue weighted by atomic mass is 16.6. The SMILES string of the molecule is CCN(CC)C(=O)c1cccc(NC(=O)COC(=O)c2cccc([N+](=O)[O-])c2)c1. The minimum absolute atomic E-state index is 0.0289. The topological polar surface area (TPSA) is 119 Å². The third-order valence-corrected chi connectivity index (χ3v) is 4.07. The zero-order chi connectivity index (χ0) is 21.4. The van der Waals surface area contributed by atoms with Crippen molar-refractivity contribution in [2.75, 3.05) is 25.0 Å². The number of esters is 1. The van der Waals surface area contributed by atoms with Crippen LogP contribution in [0.15, 0.2) is 48.5 Å². The summed E-state index contributed by atoms with van der Waals surface area (Å²) in [6.07, 6.45) is 0. The van der Waals surface area contributed by atoms with E-state index >= 15 is 0 Å². The van der Waals surface area contributed by atoms with E-state index in [1.54, 1.807) is 29.2 Å². The molecule has 0 aliphatic carbocycles. The number of anilines is 1. The Bertz CT molecular complexity index is 924. The van der Waals surface area contributed by atoms with Crippen LogP contribution in [0.4, 0.5) is 11.4 Å². The zero-order valence-electron chi connectivity index (χ0n) is 16.1. The first-order chi connectivity index (χ1) is 13.8. The van der Waals surface area contributed by atoms with Crippen LogP contribution in [0, 0.1) is 10.1 Å². The molecule has 0 aliphatic rings. The molecule has 29 heavy (non-hydrogen) atoms. The molecule has 0 atom stereocenters. The van der Waals surface area contributed by atoms with E-state index in [-0.39, 0.29) is 17.2 Å². The molecule has 2 aromatic rings. The molecule has 2 rings (SSSR count). The van der Waals surface area contributed by atoms with Crippen LogP contribution in [0.1, 0.15) is 34.6 Å². The molecule has 0 spiro atoms. The fraction of sp³-hybridized carbons (Fsp3) is 0.250. The molecule has 0 aliphatic heterocycles. The van der Waals surface area contributed by atoms with Gasteiger partial charge in [-0.25, -0.2) is 4.79 Å². The third kappa shape index (κ3) is 5.86. The van der Waals surface area contributed by atoms with Crippen LogP contribution in [-0.2, 0) is 9.53 Å². The van der Waals surface area contributed by atoms with Gasteiger partial charge in [0.1, 0.15) is 0 Å². The van der Waals surface area contributed by atoms with E-state index in [1.807, 2.05) is 13.8 Å². The molecule has 9 nitrogen and oxygen atoms in total. The Morgan fingerprint density at radius 3 is 2.34 bits per heavy atom. The molecule has 0 saturated carbocycles. The highest BCUT2D eigenvalue weighted by Crippen LogP contribution is 2.15. The number of nitrogens with zero attached hydrogens (tertiary/aromatic N) is 2. The molecule has 152 valence electrons. The van der Waals surface area contributed by atoms with Crippen molar-refractivity contribution in [3.8, 4) is 0 Å². The predicted molar refractivity (Wildman–Crippen MR) is 106 cm³/mol. The van der Waals surface area contributed by atoms with Gasteiger partial charge < -0.3 is 15.0 Å². The number of rotatable bonds is 8. The highest BCUT2D eigenvalue weighted by molar-refractivity contribution is 5.98. The molecule has 2 amide bonds. The summed E-state index contributed by atoms with van der Waals surface area (Å²) in [5, 5.41) is 13.3. The number of carbonyl (C=O) groups excluding carboxylic acids is 3. The van der Waals surface area contributed by atoms with Crippen molar-refractivity contribution < 1.29 is 24.0 Å². The van der Waals surface area contributed by atoms with Crippen molar-refractivity contribution in [3.05, 3.63) is 69.8 Å². The summed E-state index contributed by atoms with van der Waals surface area (Å²) in [6, 6.07) is 11.5. The van der Waals surface area contributed by atoms with Crippen molar-refractivity contribution in [3.63, 3.8) is 0 Å². The second-order valence-corrected chi connectivity index (χ2v) is 5.99. The second kappa shape index (κ2) is 9.98. The maximum Gasteiger partial charge on any atom is 0.338 e. The number of carbonyl (C=O) groups is 3. The van der Waals surface area contributed by atoms with Crippen molar-refractivity contribution in [2.45, 2.75) is 13.8 Å². The van der Waals surface area contributed by atoms with E-state index < -0.39 is 23.4 Å². The van der Waals surface area contributed by atoms with E-state index in [0.29, 0.717) is 24.3 Å². The molecular formula is C20H21N3O6. The number of nitro groups is 1. The van der Waals surface area contributed by atoms with Gasteiger partial charge in [0.15, 0.2) is 6.61 Å². The molecule has 0 unspecified atom stereocenters. The van der Waals surface area contributed by atoms with Gasteiger partial charge in [-0.05, 0) is 38.1 Å². The van der Waals surface area contributed by atoms with Gasteiger partial charge in [-0.1, -0.05) is 12.1 Å². The fourth-order valence-electron chi connectivity index (χ4n) is 2.58. The van der Waals surface area contributed by atoms with Gasteiger partial charge in [0.05, 0.1) is 10.5 Å². The number of hydrogen-bond acceptors (Lipinski definition) is 6. The van der Waals surface area contributed by atoms with Gasteiger partial charge >= 0.3 is 5.97 Å². The van der Waals surface area contributed by atoms with E-state index in [2.05, 4.69) is 5.32 Å². The second-order valence-electron chi connectivity index (χ2n) is 5.99. The lowest BCUT2D eigenvalue weighted by atomic mass is 10.1. The summed E-state index contributed by atoms with van der Waals surface area (Å²) in [7, 11) is 0. The first kappa shape index (κ1) is 21.5. The summed E-state index contributed by atoms with van der Waals surface area (Å²) >= 11 is 0. The first-order valence-corrected chi connectivity index (χ1v) is 8.96. The molecule has 0 fully saturated rings. The highest BCUT2D eigenvalue weighted by Gasteiger charge is 2.16. The number of nitrogens with one attached hydrogen (secondary N) is 1. The molecule has 9 heteroatoms. The minimum Gasteiger partial charge on any atom is -0.452 e. The van der Waals surface area contributed by atoms with E-state index in [0.717, 1.165) is 6.07 Å². The summed E-state index contributed by atoms with van der Waals surface area (Å²) in [4.78, 5) is 48.2. The van der Waals surface area contributed by atoms with Crippen LogP contribution < -0.4 is 5.32 Å². The van der Waals surface area contributed by atoms with E-state index in [4.69, 9.17) is 4.74 Å². The van der Waals surface area contributed by atoms with Crippen LogP contribution in [0.25, 0.3) is 0 Å². The average molecular weight is 399 g/mol. The average Bonchev–Trinajstić information content (AvgIpc) is 2.73. The van der Waals surface area contributed by atoms with E-state index in [1.165, 1.54) is 18.2 Å². The van der Waals surface area contributed by atoms with E-state index in [9.17, 15) is 24.5 Å². The number of hydrogen-bond donors (Lipinski definition) is 1. The standard InChI is InChI=1S/C20H21N3O6/c1-3-22(4-2)19(25)14-7-5-9-16(11-14)21-18(24)13-29-20(26)15-8-6-10-17(12-15)23(27)28/h5-12H,3-4,13H2,1-2H3,(H,21,24). The number of ether oxygens (including phenoxy) is 1. The molecular weight excluding hydrogens is 378 g/mol. The van der Waals surface area contributed by atoms with Crippen molar-refractivity contribution in [1.29, 1.82) is 0 Å². The lowest BCUT2D eigenvalue weighted by Crippen LogP contribution is -2.30. The van der Waals surface area contributed by atoms with Crippen molar-refractivity contribution in [2.24, 2.45) is 0 Å². The Kier molecular flexibility index (Phi) is 7.41. The Balaban J connectivity index is 1.97. The van der Waals surface area contributed by atoms with Gasteiger partial charge in [0.25, 0.3) is 17.5 Å². The van der Waals surface area contributed by atoms with Crippen molar-refractivity contribution >= 4 is 29.2 Å². The van der Waals surface area contributed by atoms with Gasteiger partial charge in [0.2, 0.25) is 0 Å². The normalized spacial score (nSPS) is 10.1. The number of amides is 2. The van der Waals surface area contributed by atoms with Gasteiger partial charge in [-0.2, -0.15) is 0 Å². The molecule has 0 saturated heterocycles. The summed E-state index contributed by atoms with van der Waals surface area (Å²) in [5.41, 5.74) is 0.539. The van der Waals surface area contributed by atoms with Gasteiger partial charge in [-0.3, -0.25) is 19.7 Å². The van der Waals surface area contributed by atoms with Gasteiger partial charge in [0, 0.05) is 36.5 Å². The number of benzene rings is 2. The maximum absolute atomic E-state index is 12.4. The molecule has 0 radical (unpaired) electrons. The summed E-state index contributed by atoms with van der Waals surface area (Å²) in [5.74, 6) is -1.60. The molecule has 1 N–H and O–H groups in total. The minimum atomic E-state index is -0.852. The van der Waals surface area contributed by atoms with Gasteiger partial charge in [-0.15, -0.1) is 0 Å². The largest absolute Gasteiger partial charge is 0.452 e. The Hall–Kier alpha value is -3.75. The van der Waals surface area contributed by atoms with Crippen LogP contribution >= 0.6 is 0 Å². The Morgan fingerprint density at radius 1 is 1.03 bits per heavy atom. The molecule has 0 bridgehead atoms. The quantitative estimate of drug-likeness (QED) is 0.414. The summed E-state index contributed by atoms with van der Waals surface area (Å²) < 4.78 is 4.90. The summed E-state index contributed by atoms with van der Waals surface area (Å²) in [6.45, 7) is 4.32. The van der Waals surface area contributed by atoms with Crippen LogP contribution in [-0.4, -0.2) is 47.3 Å². The van der Waals surface area contributed by atoms with Crippen LogP contribution in [0.3, 0.4) is 0 Å². The van der Waals surface area contributed by atoms with Crippen LogP contribution in [0.2, 0.25) is 0 Å². The first-order valence-electron chi connectivity index (χ1n) is 8.96. The predicted octanol–water partition coefficient (Wildman–Crippen LogP) is 2.87. The lowest BCUT2D eigenvalue weighted by Gasteiger charge is -2.19. The molecule has 0 heterocycles. The smallest absolute Gasteiger partial charge is 0.338 e. The Morgan fingerprint density at radius 2 is 1.69 bits per heavy atom. The maximum atomic E-state index is 12.4. The monoisotopic (exact) mass is 399 g/mol. The molecule has 2 aromatic carbocycles. The molecule has 0 aromatic heterocycles. The zero-order valence-corrected chi connectivity index (χ0v) is 16.1.